The maximum atomic E-state index is 4.95. The molecular weight excluding hydrogens is 388 g/mol. The molecule has 6 nitrogen and oxygen atoms in total. The molecule has 140 valence electrons. The second-order valence-corrected chi connectivity index (χ2v) is 9.10. The van der Waals surface area contributed by atoms with Crippen molar-refractivity contribution in [2.75, 3.05) is 17.3 Å². The van der Waals surface area contributed by atoms with Crippen LogP contribution in [0, 0.1) is 0 Å². The Labute approximate surface area is 169 Å². The summed E-state index contributed by atoms with van der Waals surface area (Å²) >= 11 is 3.47. The van der Waals surface area contributed by atoms with Crippen molar-refractivity contribution in [3.63, 3.8) is 0 Å². The standard InChI is InChI=1S/C20H18N6S2/c1-25-13(23-15-11-5-3-9-21-17(11)27-19(15)25)7-8-14-24-16-12-6-4-10-22-18(12)28-20(16)26(14)2/h3-6,9-10,13,23H,7-8H2,1-2H3. The highest BCUT2D eigenvalue weighted by Crippen LogP contribution is 2.46. The Morgan fingerprint density at radius 3 is 2.61 bits per heavy atom. The molecule has 0 radical (unpaired) electrons. The number of aryl methyl sites for hydroxylation is 2. The second-order valence-electron chi connectivity index (χ2n) is 7.15. The number of hydrogen-bond donors (Lipinski definition) is 1. The summed E-state index contributed by atoms with van der Waals surface area (Å²) in [5.74, 6) is 1.13. The lowest BCUT2D eigenvalue weighted by atomic mass is 10.2. The van der Waals surface area contributed by atoms with Gasteiger partial charge in [-0.2, -0.15) is 0 Å². The number of thiophene rings is 2. The highest BCUT2D eigenvalue weighted by molar-refractivity contribution is 7.25. The molecule has 0 saturated carbocycles. The van der Waals surface area contributed by atoms with Gasteiger partial charge in [-0.1, -0.05) is 22.7 Å². The first kappa shape index (κ1) is 16.3. The fourth-order valence-electron chi connectivity index (χ4n) is 4.03. The van der Waals surface area contributed by atoms with Gasteiger partial charge >= 0.3 is 0 Å². The number of fused-ring (bicyclic) bond motifs is 6. The van der Waals surface area contributed by atoms with Crippen LogP contribution in [0.1, 0.15) is 12.2 Å². The van der Waals surface area contributed by atoms with Crippen LogP contribution in [0.5, 0.6) is 0 Å². The van der Waals surface area contributed by atoms with Gasteiger partial charge in [0.25, 0.3) is 0 Å². The van der Waals surface area contributed by atoms with E-state index in [9.17, 15) is 0 Å². The lowest BCUT2D eigenvalue weighted by molar-refractivity contribution is 0.635. The molecule has 28 heavy (non-hydrogen) atoms. The molecule has 0 amide bonds. The average molecular weight is 407 g/mol. The van der Waals surface area contributed by atoms with Crippen LogP contribution in [0.3, 0.4) is 0 Å². The van der Waals surface area contributed by atoms with E-state index in [4.69, 9.17) is 4.98 Å². The van der Waals surface area contributed by atoms with Gasteiger partial charge in [-0.3, -0.25) is 0 Å². The van der Waals surface area contributed by atoms with E-state index in [0.717, 1.165) is 39.2 Å². The zero-order valence-corrected chi connectivity index (χ0v) is 17.1. The summed E-state index contributed by atoms with van der Waals surface area (Å²) < 4.78 is 2.23. The summed E-state index contributed by atoms with van der Waals surface area (Å²) in [6.45, 7) is 0. The lowest BCUT2D eigenvalue weighted by Crippen LogP contribution is -2.32. The smallest absolute Gasteiger partial charge is 0.127 e. The van der Waals surface area contributed by atoms with Gasteiger partial charge in [-0.25, -0.2) is 15.0 Å². The maximum Gasteiger partial charge on any atom is 0.127 e. The minimum atomic E-state index is 0.277. The van der Waals surface area contributed by atoms with E-state index < -0.39 is 0 Å². The Hall–Kier alpha value is -2.71. The highest BCUT2D eigenvalue weighted by atomic mass is 32.1. The van der Waals surface area contributed by atoms with Gasteiger partial charge in [-0.15, -0.1) is 0 Å². The van der Waals surface area contributed by atoms with Crippen LogP contribution in [0.25, 0.3) is 30.8 Å². The van der Waals surface area contributed by atoms with Crippen molar-refractivity contribution in [2.24, 2.45) is 7.05 Å². The van der Waals surface area contributed by atoms with Crippen LogP contribution in [-0.2, 0) is 13.5 Å². The van der Waals surface area contributed by atoms with Gasteiger partial charge in [0.15, 0.2) is 0 Å². The summed E-state index contributed by atoms with van der Waals surface area (Å²) in [5, 5.41) is 7.35. The van der Waals surface area contributed by atoms with Crippen LogP contribution in [0.4, 0.5) is 10.7 Å². The van der Waals surface area contributed by atoms with E-state index in [2.05, 4.69) is 51.0 Å². The molecule has 0 fully saturated rings. The van der Waals surface area contributed by atoms with E-state index in [1.165, 1.54) is 20.9 Å². The molecule has 6 rings (SSSR count). The highest BCUT2D eigenvalue weighted by Gasteiger charge is 2.30. The van der Waals surface area contributed by atoms with Crippen molar-refractivity contribution in [3.05, 3.63) is 42.5 Å². The first-order valence-electron chi connectivity index (χ1n) is 9.26. The summed E-state index contributed by atoms with van der Waals surface area (Å²) in [5.41, 5.74) is 2.30. The predicted molar refractivity (Wildman–Crippen MR) is 118 cm³/mol. The fraction of sp³-hybridized carbons (Fsp3) is 0.250. The third kappa shape index (κ3) is 2.21. The number of rotatable bonds is 3. The van der Waals surface area contributed by atoms with Crippen LogP contribution in [-0.4, -0.2) is 32.7 Å². The van der Waals surface area contributed by atoms with Crippen molar-refractivity contribution in [1.82, 2.24) is 19.5 Å². The summed E-state index contributed by atoms with van der Waals surface area (Å²) in [4.78, 5) is 19.6. The largest absolute Gasteiger partial charge is 0.362 e. The number of imidazole rings is 1. The number of pyridine rings is 2. The van der Waals surface area contributed by atoms with Crippen LogP contribution in [0.15, 0.2) is 36.7 Å². The Bertz CT molecular complexity index is 1350. The molecule has 0 saturated heterocycles. The third-order valence-corrected chi connectivity index (χ3v) is 7.93. The normalized spacial score (nSPS) is 16.4. The number of nitrogens with one attached hydrogen (secondary N) is 1. The van der Waals surface area contributed by atoms with E-state index in [-0.39, 0.29) is 6.17 Å². The molecule has 1 aliphatic rings. The molecule has 0 aromatic carbocycles. The number of anilines is 2. The third-order valence-electron chi connectivity index (χ3n) is 5.54. The van der Waals surface area contributed by atoms with Crippen molar-refractivity contribution >= 4 is 64.1 Å². The SMILES string of the molecule is CN1c2sc3ncccc3c2NC1CCc1nc2c3cccnc3sc2n1C. The minimum Gasteiger partial charge on any atom is -0.362 e. The molecule has 0 bridgehead atoms. The Morgan fingerprint density at radius 2 is 1.79 bits per heavy atom. The molecule has 5 aromatic heterocycles. The number of aromatic nitrogens is 4. The van der Waals surface area contributed by atoms with Gasteiger partial charge in [-0.05, 0) is 30.7 Å². The van der Waals surface area contributed by atoms with E-state index >= 15 is 0 Å². The van der Waals surface area contributed by atoms with E-state index in [1.807, 2.05) is 24.5 Å². The Balaban J connectivity index is 1.28. The van der Waals surface area contributed by atoms with Crippen molar-refractivity contribution in [1.29, 1.82) is 0 Å². The van der Waals surface area contributed by atoms with Gasteiger partial charge in [0.2, 0.25) is 0 Å². The Kier molecular flexibility index (Phi) is 3.42. The van der Waals surface area contributed by atoms with Crippen LogP contribution < -0.4 is 10.2 Å². The molecule has 1 unspecified atom stereocenters. The molecule has 5 aromatic rings. The fourth-order valence-corrected chi connectivity index (χ4v) is 6.22. The maximum absolute atomic E-state index is 4.95. The molecule has 0 aliphatic carbocycles. The molecule has 6 heterocycles. The van der Waals surface area contributed by atoms with Gasteiger partial charge < -0.3 is 14.8 Å². The van der Waals surface area contributed by atoms with Crippen molar-refractivity contribution in [3.8, 4) is 0 Å². The lowest BCUT2D eigenvalue weighted by Gasteiger charge is -2.21. The zero-order valence-electron chi connectivity index (χ0n) is 15.5. The summed E-state index contributed by atoms with van der Waals surface area (Å²) in [6.07, 6.45) is 5.90. The summed E-state index contributed by atoms with van der Waals surface area (Å²) in [6, 6.07) is 8.25. The number of hydrogen-bond acceptors (Lipinski definition) is 7. The van der Waals surface area contributed by atoms with Gasteiger partial charge in [0, 0.05) is 43.7 Å². The first-order valence-corrected chi connectivity index (χ1v) is 10.9. The predicted octanol–water partition coefficient (Wildman–Crippen LogP) is 4.61. The van der Waals surface area contributed by atoms with E-state index in [1.54, 1.807) is 22.7 Å². The van der Waals surface area contributed by atoms with Crippen LogP contribution >= 0.6 is 22.7 Å². The molecular formula is C20H18N6S2. The quantitative estimate of drug-likeness (QED) is 0.474. The van der Waals surface area contributed by atoms with Gasteiger partial charge in [0.1, 0.15) is 30.8 Å². The molecule has 0 spiro atoms. The first-order chi connectivity index (χ1) is 13.7. The molecule has 8 heteroatoms. The average Bonchev–Trinajstić information content (AvgIpc) is 3.42. The zero-order chi connectivity index (χ0) is 18.8. The second kappa shape index (κ2) is 5.89. The monoisotopic (exact) mass is 406 g/mol. The topological polar surface area (TPSA) is 58.9 Å². The number of nitrogens with zero attached hydrogens (tertiary/aromatic N) is 5. The molecule has 1 N–H and O–H groups in total. The minimum absolute atomic E-state index is 0.277. The van der Waals surface area contributed by atoms with Crippen LogP contribution in [0.2, 0.25) is 0 Å². The van der Waals surface area contributed by atoms with Crippen molar-refractivity contribution < 1.29 is 0 Å². The van der Waals surface area contributed by atoms with Crippen molar-refractivity contribution in [2.45, 2.75) is 19.0 Å². The molecule has 1 aliphatic heterocycles. The van der Waals surface area contributed by atoms with Gasteiger partial charge in [0.05, 0.1) is 11.9 Å². The summed E-state index contributed by atoms with van der Waals surface area (Å²) in [7, 11) is 4.27. The Morgan fingerprint density at radius 1 is 1.04 bits per heavy atom. The van der Waals surface area contributed by atoms with E-state index in [0.29, 0.717) is 0 Å². The molecule has 1 atom stereocenters.